The van der Waals surface area contributed by atoms with E-state index in [2.05, 4.69) is 22.1 Å². The highest BCUT2D eigenvalue weighted by atomic mass is 16.5. The van der Waals surface area contributed by atoms with E-state index in [1.807, 2.05) is 53.4 Å². The molecule has 0 unspecified atom stereocenters. The molecule has 6 heteroatoms. The molecule has 0 bridgehead atoms. The third-order valence-corrected chi connectivity index (χ3v) is 5.65. The zero-order valence-corrected chi connectivity index (χ0v) is 17.1. The van der Waals surface area contributed by atoms with Gasteiger partial charge in [-0.25, -0.2) is 0 Å². The topological polar surface area (TPSA) is 59.4 Å². The third kappa shape index (κ3) is 4.27. The molecular formula is C23H28N4O2. The van der Waals surface area contributed by atoms with E-state index in [0.717, 1.165) is 60.4 Å². The Bertz CT molecular complexity index is 997. The Morgan fingerprint density at radius 1 is 1.31 bits per heavy atom. The van der Waals surface area contributed by atoms with Gasteiger partial charge >= 0.3 is 0 Å². The van der Waals surface area contributed by atoms with Crippen molar-refractivity contribution in [3.8, 4) is 17.0 Å². The van der Waals surface area contributed by atoms with E-state index in [9.17, 15) is 4.79 Å². The Hall–Kier alpha value is -2.86. The Morgan fingerprint density at radius 2 is 2.21 bits per heavy atom. The number of methoxy groups -OCH3 is 1. The van der Waals surface area contributed by atoms with Gasteiger partial charge < -0.3 is 19.5 Å². The Morgan fingerprint density at radius 3 is 3.03 bits per heavy atom. The zero-order chi connectivity index (χ0) is 20.2. The van der Waals surface area contributed by atoms with Crippen LogP contribution in [0.1, 0.15) is 19.8 Å². The van der Waals surface area contributed by atoms with Gasteiger partial charge in [0.15, 0.2) is 0 Å². The molecule has 0 radical (unpaired) electrons. The fourth-order valence-corrected chi connectivity index (χ4v) is 4.15. The first kappa shape index (κ1) is 19.5. The number of benzene rings is 1. The van der Waals surface area contributed by atoms with Crippen molar-refractivity contribution in [1.82, 2.24) is 19.8 Å². The molecule has 3 heterocycles. The highest BCUT2D eigenvalue weighted by Gasteiger charge is 2.21. The number of aromatic nitrogens is 2. The fourth-order valence-electron chi connectivity index (χ4n) is 4.15. The van der Waals surface area contributed by atoms with E-state index in [4.69, 9.17) is 4.74 Å². The number of nitrogens with one attached hydrogen (secondary N) is 1. The number of piperidine rings is 1. The second-order valence-corrected chi connectivity index (χ2v) is 7.57. The summed E-state index contributed by atoms with van der Waals surface area (Å²) in [7, 11) is 1.66. The lowest BCUT2D eigenvalue weighted by Crippen LogP contribution is -2.48. The number of fused-ring (bicyclic) bond motifs is 1. The standard InChI is InChI=1S/C23H28N4O2/c1-3-26-12-5-7-19(15-26)25-21(28)16-27-13-10-17-9-11-24-22(23(17)27)18-6-4-8-20(14-18)29-2/h4,6,8-11,13-14,19H,3,5,7,12,15-16H2,1-2H3,(H,25,28)/t19-/m0/s1. The van der Waals surface area contributed by atoms with Gasteiger partial charge in [0, 0.05) is 35.9 Å². The SMILES string of the molecule is CCN1CCC[C@H](NC(=O)Cn2ccc3ccnc(-c4cccc(OC)c4)c32)C1. The number of rotatable bonds is 6. The highest BCUT2D eigenvalue weighted by molar-refractivity contribution is 5.93. The van der Waals surface area contributed by atoms with Crippen LogP contribution in [0.25, 0.3) is 22.2 Å². The molecule has 3 aromatic rings. The van der Waals surface area contributed by atoms with Gasteiger partial charge in [0.25, 0.3) is 0 Å². The van der Waals surface area contributed by atoms with Gasteiger partial charge in [0.1, 0.15) is 12.3 Å². The van der Waals surface area contributed by atoms with Crippen LogP contribution in [0, 0.1) is 0 Å². The number of nitrogens with zero attached hydrogens (tertiary/aromatic N) is 3. The van der Waals surface area contributed by atoms with Crippen molar-refractivity contribution in [2.24, 2.45) is 0 Å². The molecular weight excluding hydrogens is 364 g/mol. The first-order chi connectivity index (χ1) is 14.2. The maximum absolute atomic E-state index is 12.8. The summed E-state index contributed by atoms with van der Waals surface area (Å²) in [6.07, 6.45) is 5.96. The normalized spacial score (nSPS) is 17.4. The van der Waals surface area contributed by atoms with Crippen molar-refractivity contribution < 1.29 is 9.53 Å². The largest absolute Gasteiger partial charge is 0.497 e. The van der Waals surface area contributed by atoms with E-state index in [0.29, 0.717) is 0 Å². The lowest BCUT2D eigenvalue weighted by molar-refractivity contribution is -0.122. The molecule has 1 atom stereocenters. The van der Waals surface area contributed by atoms with E-state index in [-0.39, 0.29) is 18.5 Å². The lowest BCUT2D eigenvalue weighted by atomic mass is 10.1. The van der Waals surface area contributed by atoms with E-state index in [1.165, 1.54) is 0 Å². The summed E-state index contributed by atoms with van der Waals surface area (Å²) in [6.45, 7) is 5.55. The first-order valence-electron chi connectivity index (χ1n) is 10.3. The molecule has 152 valence electrons. The van der Waals surface area contributed by atoms with E-state index < -0.39 is 0 Å². The summed E-state index contributed by atoms with van der Waals surface area (Å²) < 4.78 is 7.36. The van der Waals surface area contributed by atoms with Gasteiger partial charge in [-0.2, -0.15) is 0 Å². The number of hydrogen-bond acceptors (Lipinski definition) is 4. The lowest BCUT2D eigenvalue weighted by Gasteiger charge is -2.32. The number of likely N-dealkylation sites (N-methyl/N-ethyl adjacent to an activating group) is 1. The van der Waals surface area contributed by atoms with Crippen molar-refractivity contribution in [1.29, 1.82) is 0 Å². The van der Waals surface area contributed by atoms with Gasteiger partial charge in [-0.3, -0.25) is 9.78 Å². The predicted octanol–water partition coefficient (Wildman–Crippen LogP) is 3.31. The number of carbonyl (C=O) groups is 1. The molecule has 1 aromatic carbocycles. The minimum Gasteiger partial charge on any atom is -0.497 e. The highest BCUT2D eigenvalue weighted by Crippen LogP contribution is 2.29. The summed E-state index contributed by atoms with van der Waals surface area (Å²) in [4.78, 5) is 19.8. The second-order valence-electron chi connectivity index (χ2n) is 7.57. The molecule has 1 aliphatic heterocycles. The molecule has 4 rings (SSSR count). The van der Waals surface area contributed by atoms with Gasteiger partial charge in [-0.15, -0.1) is 0 Å². The number of pyridine rings is 1. The van der Waals surface area contributed by atoms with Crippen molar-refractivity contribution in [2.75, 3.05) is 26.7 Å². The van der Waals surface area contributed by atoms with Crippen LogP contribution in [0.15, 0.2) is 48.8 Å². The average molecular weight is 393 g/mol. The van der Waals surface area contributed by atoms with Crippen molar-refractivity contribution in [3.63, 3.8) is 0 Å². The van der Waals surface area contributed by atoms with Crippen LogP contribution in [0.2, 0.25) is 0 Å². The molecule has 0 aliphatic carbocycles. The molecule has 1 fully saturated rings. The van der Waals surface area contributed by atoms with Gasteiger partial charge in [0.05, 0.1) is 18.3 Å². The van der Waals surface area contributed by atoms with E-state index in [1.54, 1.807) is 7.11 Å². The summed E-state index contributed by atoms with van der Waals surface area (Å²) in [5, 5.41) is 4.29. The van der Waals surface area contributed by atoms with Crippen molar-refractivity contribution >= 4 is 16.8 Å². The van der Waals surface area contributed by atoms with Crippen LogP contribution >= 0.6 is 0 Å². The number of amides is 1. The van der Waals surface area contributed by atoms with Crippen molar-refractivity contribution in [2.45, 2.75) is 32.4 Å². The Labute approximate surface area is 171 Å². The van der Waals surface area contributed by atoms with Gasteiger partial charge in [0.2, 0.25) is 5.91 Å². The predicted molar refractivity (Wildman–Crippen MR) is 115 cm³/mol. The Kier molecular flexibility index (Phi) is 5.81. The Balaban J connectivity index is 1.57. The maximum Gasteiger partial charge on any atom is 0.240 e. The number of carbonyl (C=O) groups excluding carboxylic acids is 1. The smallest absolute Gasteiger partial charge is 0.240 e. The zero-order valence-electron chi connectivity index (χ0n) is 17.1. The molecule has 1 N–H and O–H groups in total. The molecule has 1 saturated heterocycles. The minimum absolute atomic E-state index is 0.0471. The molecule has 6 nitrogen and oxygen atoms in total. The molecule has 0 spiro atoms. The van der Waals surface area contributed by atoms with Crippen LogP contribution in [0.5, 0.6) is 5.75 Å². The van der Waals surface area contributed by atoms with Crippen LogP contribution in [-0.4, -0.2) is 53.1 Å². The summed E-state index contributed by atoms with van der Waals surface area (Å²) in [6, 6.07) is 12.1. The summed E-state index contributed by atoms with van der Waals surface area (Å²) >= 11 is 0. The molecule has 1 amide bonds. The monoisotopic (exact) mass is 392 g/mol. The first-order valence-corrected chi connectivity index (χ1v) is 10.3. The fraction of sp³-hybridized carbons (Fsp3) is 0.391. The molecule has 29 heavy (non-hydrogen) atoms. The van der Waals surface area contributed by atoms with Gasteiger partial charge in [-0.1, -0.05) is 19.1 Å². The van der Waals surface area contributed by atoms with Crippen LogP contribution < -0.4 is 10.1 Å². The minimum atomic E-state index is 0.0471. The third-order valence-electron chi connectivity index (χ3n) is 5.65. The summed E-state index contributed by atoms with van der Waals surface area (Å²) in [5.74, 6) is 0.834. The number of ether oxygens (including phenoxy) is 1. The van der Waals surface area contributed by atoms with Crippen LogP contribution in [0.3, 0.4) is 0 Å². The molecule has 2 aromatic heterocycles. The van der Waals surface area contributed by atoms with Crippen LogP contribution in [0.4, 0.5) is 0 Å². The maximum atomic E-state index is 12.8. The second kappa shape index (κ2) is 8.66. The number of likely N-dealkylation sites (tertiary alicyclic amines) is 1. The van der Waals surface area contributed by atoms with Gasteiger partial charge in [-0.05, 0) is 50.2 Å². The molecule has 0 saturated carbocycles. The number of hydrogen-bond donors (Lipinski definition) is 1. The van der Waals surface area contributed by atoms with Crippen molar-refractivity contribution in [3.05, 3.63) is 48.8 Å². The quantitative estimate of drug-likeness (QED) is 0.699. The van der Waals surface area contributed by atoms with E-state index >= 15 is 0 Å². The molecule has 1 aliphatic rings. The summed E-state index contributed by atoms with van der Waals surface area (Å²) in [5.41, 5.74) is 2.80. The van der Waals surface area contributed by atoms with Crippen LogP contribution in [-0.2, 0) is 11.3 Å². The average Bonchev–Trinajstić information content (AvgIpc) is 3.16.